The smallest absolute Gasteiger partial charge is 0.337 e. The van der Waals surface area contributed by atoms with Crippen LogP contribution in [0, 0.1) is 0 Å². The van der Waals surface area contributed by atoms with Crippen molar-refractivity contribution in [3.63, 3.8) is 0 Å². The summed E-state index contributed by atoms with van der Waals surface area (Å²) in [6.07, 6.45) is 3.99. The third-order valence-electron chi connectivity index (χ3n) is 3.03. The maximum atomic E-state index is 11.4. The Bertz CT molecular complexity index is 627. The fraction of sp³-hybridized carbons (Fsp3) is 0.167. The minimum atomic E-state index is -0.333. The Labute approximate surface area is 124 Å². The molecule has 0 saturated heterocycles. The summed E-state index contributed by atoms with van der Waals surface area (Å²) in [4.78, 5) is 11.4. The highest BCUT2D eigenvalue weighted by Gasteiger charge is 2.05. The van der Waals surface area contributed by atoms with Crippen LogP contribution in [0.15, 0.2) is 54.6 Å². The molecule has 0 aliphatic rings. The van der Waals surface area contributed by atoms with Crippen molar-refractivity contribution in [2.24, 2.45) is 0 Å². The van der Waals surface area contributed by atoms with Gasteiger partial charge in [0.1, 0.15) is 12.4 Å². The van der Waals surface area contributed by atoms with Crippen molar-refractivity contribution in [1.29, 1.82) is 0 Å². The molecule has 0 amide bonds. The van der Waals surface area contributed by atoms with Gasteiger partial charge in [-0.15, -0.1) is 0 Å². The molecule has 2 aromatic carbocycles. The van der Waals surface area contributed by atoms with E-state index in [1.54, 1.807) is 12.1 Å². The topological polar surface area (TPSA) is 35.5 Å². The summed E-state index contributed by atoms with van der Waals surface area (Å²) in [5, 5.41) is 0. The normalized spacial score (nSPS) is 10.6. The summed E-state index contributed by atoms with van der Waals surface area (Å²) in [7, 11) is 1.37. The molecule has 0 atom stereocenters. The van der Waals surface area contributed by atoms with Gasteiger partial charge in [0.15, 0.2) is 0 Å². The van der Waals surface area contributed by atoms with Gasteiger partial charge in [-0.25, -0.2) is 4.79 Å². The van der Waals surface area contributed by atoms with Crippen LogP contribution >= 0.6 is 0 Å². The van der Waals surface area contributed by atoms with Gasteiger partial charge in [-0.05, 0) is 30.7 Å². The van der Waals surface area contributed by atoms with Crippen molar-refractivity contribution >= 4 is 12.0 Å². The van der Waals surface area contributed by atoms with E-state index in [0.29, 0.717) is 12.2 Å². The van der Waals surface area contributed by atoms with E-state index in [1.807, 2.05) is 55.5 Å². The summed E-state index contributed by atoms with van der Waals surface area (Å²) >= 11 is 0. The van der Waals surface area contributed by atoms with Gasteiger partial charge in [0, 0.05) is 5.56 Å². The molecule has 3 heteroatoms. The zero-order valence-corrected chi connectivity index (χ0v) is 12.2. The molecule has 0 radical (unpaired) electrons. The number of rotatable bonds is 5. The molecule has 0 aliphatic carbocycles. The first-order valence-electron chi connectivity index (χ1n) is 6.76. The number of ether oxygens (including phenoxy) is 2. The molecule has 0 spiro atoms. The van der Waals surface area contributed by atoms with Crippen LogP contribution in [0.3, 0.4) is 0 Å². The number of hydrogen-bond donors (Lipinski definition) is 0. The molecule has 0 aliphatic heterocycles. The average molecular weight is 282 g/mol. The SMILES string of the molecule is CC=Cc1ccccc1OCc1ccc(C(=O)OC)cc1. The van der Waals surface area contributed by atoms with E-state index >= 15 is 0 Å². The minimum absolute atomic E-state index is 0.333. The summed E-state index contributed by atoms with van der Waals surface area (Å²) in [6.45, 7) is 2.43. The molecule has 21 heavy (non-hydrogen) atoms. The van der Waals surface area contributed by atoms with E-state index in [9.17, 15) is 4.79 Å². The van der Waals surface area contributed by atoms with Crippen LogP contribution < -0.4 is 4.74 Å². The number of carbonyl (C=O) groups is 1. The van der Waals surface area contributed by atoms with E-state index in [1.165, 1.54) is 7.11 Å². The molecule has 108 valence electrons. The van der Waals surface area contributed by atoms with Crippen LogP contribution in [0.4, 0.5) is 0 Å². The highest BCUT2D eigenvalue weighted by molar-refractivity contribution is 5.89. The highest BCUT2D eigenvalue weighted by Crippen LogP contribution is 2.20. The van der Waals surface area contributed by atoms with Crippen molar-refractivity contribution in [3.05, 3.63) is 71.3 Å². The zero-order valence-electron chi connectivity index (χ0n) is 12.2. The lowest BCUT2D eigenvalue weighted by molar-refractivity contribution is 0.0600. The zero-order chi connectivity index (χ0) is 15.1. The number of para-hydroxylation sites is 1. The molecule has 0 fully saturated rings. The average Bonchev–Trinajstić information content (AvgIpc) is 2.54. The molecule has 0 unspecified atom stereocenters. The van der Waals surface area contributed by atoms with E-state index < -0.39 is 0 Å². The van der Waals surface area contributed by atoms with Gasteiger partial charge < -0.3 is 9.47 Å². The van der Waals surface area contributed by atoms with E-state index in [2.05, 4.69) is 4.74 Å². The fourth-order valence-electron chi connectivity index (χ4n) is 1.95. The number of allylic oxidation sites excluding steroid dienone is 1. The van der Waals surface area contributed by atoms with Gasteiger partial charge >= 0.3 is 5.97 Å². The first-order chi connectivity index (χ1) is 10.2. The van der Waals surface area contributed by atoms with Crippen LogP contribution in [0.2, 0.25) is 0 Å². The molecule has 2 aromatic rings. The maximum Gasteiger partial charge on any atom is 0.337 e. The van der Waals surface area contributed by atoms with Crippen LogP contribution in [0.5, 0.6) is 5.75 Å². The first-order valence-corrected chi connectivity index (χ1v) is 6.76. The number of methoxy groups -OCH3 is 1. The minimum Gasteiger partial charge on any atom is -0.488 e. The van der Waals surface area contributed by atoms with Gasteiger partial charge in [0.05, 0.1) is 12.7 Å². The predicted molar refractivity (Wildman–Crippen MR) is 83.3 cm³/mol. The summed E-state index contributed by atoms with van der Waals surface area (Å²) in [5.74, 6) is 0.508. The lowest BCUT2D eigenvalue weighted by Gasteiger charge is -2.09. The molecule has 0 aromatic heterocycles. The Morgan fingerprint density at radius 2 is 1.81 bits per heavy atom. The molecule has 3 nitrogen and oxygen atoms in total. The molecule has 0 heterocycles. The molecule has 0 bridgehead atoms. The third-order valence-corrected chi connectivity index (χ3v) is 3.03. The van der Waals surface area contributed by atoms with Gasteiger partial charge in [0.2, 0.25) is 0 Å². The van der Waals surface area contributed by atoms with Crippen molar-refractivity contribution in [2.75, 3.05) is 7.11 Å². The molecule has 0 saturated carbocycles. The predicted octanol–water partition coefficient (Wildman–Crippen LogP) is 4.09. The van der Waals surface area contributed by atoms with Gasteiger partial charge in [-0.3, -0.25) is 0 Å². The second-order valence-electron chi connectivity index (χ2n) is 4.52. The number of carbonyl (C=O) groups excluding carboxylic acids is 1. The van der Waals surface area contributed by atoms with Crippen molar-refractivity contribution in [1.82, 2.24) is 0 Å². The van der Waals surface area contributed by atoms with E-state index in [-0.39, 0.29) is 5.97 Å². The van der Waals surface area contributed by atoms with Crippen molar-refractivity contribution < 1.29 is 14.3 Å². The summed E-state index contributed by atoms with van der Waals surface area (Å²) in [6, 6.07) is 15.1. The summed E-state index contributed by atoms with van der Waals surface area (Å²) in [5.41, 5.74) is 2.58. The van der Waals surface area contributed by atoms with E-state index in [0.717, 1.165) is 16.9 Å². The third kappa shape index (κ3) is 3.96. The van der Waals surface area contributed by atoms with Gasteiger partial charge in [-0.1, -0.05) is 42.5 Å². The number of hydrogen-bond acceptors (Lipinski definition) is 3. The van der Waals surface area contributed by atoms with Gasteiger partial charge in [0.25, 0.3) is 0 Å². The lowest BCUT2D eigenvalue weighted by atomic mass is 10.1. The molecular weight excluding hydrogens is 264 g/mol. The Morgan fingerprint density at radius 3 is 2.48 bits per heavy atom. The molecule has 0 N–H and O–H groups in total. The fourth-order valence-corrected chi connectivity index (χ4v) is 1.95. The standard InChI is InChI=1S/C18H18O3/c1-3-6-15-7-4-5-8-17(15)21-13-14-9-11-16(12-10-14)18(19)20-2/h3-12H,13H2,1-2H3. The number of esters is 1. The van der Waals surface area contributed by atoms with E-state index in [4.69, 9.17) is 4.74 Å². The Kier molecular flexibility index (Phi) is 5.16. The molecular formula is C18H18O3. The quantitative estimate of drug-likeness (QED) is 0.775. The largest absolute Gasteiger partial charge is 0.488 e. The monoisotopic (exact) mass is 282 g/mol. The Balaban J connectivity index is 2.05. The van der Waals surface area contributed by atoms with Gasteiger partial charge in [-0.2, -0.15) is 0 Å². The molecule has 2 rings (SSSR count). The van der Waals surface area contributed by atoms with Crippen LogP contribution in [-0.4, -0.2) is 13.1 Å². The second-order valence-corrected chi connectivity index (χ2v) is 4.52. The van der Waals surface area contributed by atoms with Crippen LogP contribution in [-0.2, 0) is 11.3 Å². The Morgan fingerprint density at radius 1 is 1.10 bits per heavy atom. The second kappa shape index (κ2) is 7.29. The lowest BCUT2D eigenvalue weighted by Crippen LogP contribution is -2.02. The maximum absolute atomic E-state index is 11.4. The van der Waals surface area contributed by atoms with Crippen LogP contribution in [0.25, 0.3) is 6.08 Å². The van der Waals surface area contributed by atoms with Crippen molar-refractivity contribution in [3.8, 4) is 5.75 Å². The Hall–Kier alpha value is -2.55. The van der Waals surface area contributed by atoms with Crippen LogP contribution in [0.1, 0.15) is 28.4 Å². The first kappa shape index (κ1) is 14.9. The van der Waals surface area contributed by atoms with Crippen molar-refractivity contribution in [2.45, 2.75) is 13.5 Å². The highest BCUT2D eigenvalue weighted by atomic mass is 16.5. The summed E-state index contributed by atoms with van der Waals surface area (Å²) < 4.78 is 10.5. The number of benzene rings is 2.